The normalized spacial score (nSPS) is 15.3. The molecular formula is C23H26N2O4S. The van der Waals surface area contributed by atoms with E-state index in [1.807, 2.05) is 18.2 Å². The zero-order valence-electron chi connectivity index (χ0n) is 17.6. The zero-order chi connectivity index (χ0) is 21.7. The Morgan fingerprint density at radius 2 is 1.73 bits per heavy atom. The molecular weight excluding hydrogens is 400 g/mol. The Morgan fingerprint density at radius 1 is 1.03 bits per heavy atom. The molecule has 2 aromatic carbocycles. The summed E-state index contributed by atoms with van der Waals surface area (Å²) in [6.45, 7) is 7.31. The van der Waals surface area contributed by atoms with Crippen LogP contribution < -0.4 is 19.5 Å². The predicted octanol–water partition coefficient (Wildman–Crippen LogP) is 4.59. The molecule has 158 valence electrons. The summed E-state index contributed by atoms with van der Waals surface area (Å²) in [5.41, 5.74) is 2.17. The average molecular weight is 427 g/mol. The van der Waals surface area contributed by atoms with E-state index in [-0.39, 0.29) is 16.5 Å². The fourth-order valence-corrected chi connectivity index (χ4v) is 3.55. The number of methoxy groups -OCH3 is 1. The van der Waals surface area contributed by atoms with E-state index in [9.17, 15) is 4.79 Å². The van der Waals surface area contributed by atoms with E-state index in [2.05, 4.69) is 38.2 Å². The molecule has 1 fully saturated rings. The standard InChI is InChI=1S/C23H26N2O4S/c1-23(2,3)16-6-8-17(9-7-16)28-11-12-29-18-10-5-15(13-19(18)27-4)14-20-21(26)25-22(24)30-20/h5-10,13-14H,11-12H2,1-4H3,(H2,24,25,26)/b20-14-. The number of amidine groups is 1. The van der Waals surface area contributed by atoms with Crippen molar-refractivity contribution in [3.8, 4) is 17.2 Å². The van der Waals surface area contributed by atoms with E-state index in [1.165, 1.54) is 5.56 Å². The summed E-state index contributed by atoms with van der Waals surface area (Å²) in [4.78, 5) is 12.2. The number of ether oxygens (including phenoxy) is 3. The molecule has 0 radical (unpaired) electrons. The molecule has 0 atom stereocenters. The fraction of sp³-hybridized carbons (Fsp3) is 0.304. The first kappa shape index (κ1) is 21.8. The first-order valence-electron chi connectivity index (χ1n) is 9.60. The Labute approximate surface area is 181 Å². The molecule has 0 aliphatic carbocycles. The summed E-state index contributed by atoms with van der Waals surface area (Å²) in [6.07, 6.45) is 1.72. The lowest BCUT2D eigenvalue weighted by atomic mass is 9.87. The molecule has 1 amide bonds. The van der Waals surface area contributed by atoms with Crippen LogP contribution in [0.25, 0.3) is 6.08 Å². The minimum atomic E-state index is -0.267. The minimum absolute atomic E-state index is 0.113. The maximum atomic E-state index is 11.8. The molecule has 1 aliphatic rings. The molecule has 1 aliphatic heterocycles. The maximum absolute atomic E-state index is 11.8. The van der Waals surface area contributed by atoms with Crippen molar-refractivity contribution in [3.63, 3.8) is 0 Å². The molecule has 0 bridgehead atoms. The van der Waals surface area contributed by atoms with E-state index in [4.69, 9.17) is 19.6 Å². The molecule has 0 spiro atoms. The van der Waals surface area contributed by atoms with E-state index in [0.29, 0.717) is 29.6 Å². The van der Waals surface area contributed by atoms with Gasteiger partial charge in [0.25, 0.3) is 5.91 Å². The summed E-state index contributed by atoms with van der Waals surface area (Å²) in [6, 6.07) is 13.5. The zero-order valence-corrected chi connectivity index (χ0v) is 18.4. The van der Waals surface area contributed by atoms with Crippen molar-refractivity contribution in [2.45, 2.75) is 26.2 Å². The predicted molar refractivity (Wildman–Crippen MR) is 121 cm³/mol. The summed E-state index contributed by atoms with van der Waals surface area (Å²) < 4.78 is 17.0. The van der Waals surface area contributed by atoms with Gasteiger partial charge in [0.15, 0.2) is 16.7 Å². The van der Waals surface area contributed by atoms with Crippen LogP contribution in [0.3, 0.4) is 0 Å². The number of amides is 1. The van der Waals surface area contributed by atoms with Crippen LogP contribution in [0.1, 0.15) is 31.9 Å². The number of thioether (sulfide) groups is 1. The topological polar surface area (TPSA) is 80.6 Å². The largest absolute Gasteiger partial charge is 0.493 e. The first-order valence-corrected chi connectivity index (χ1v) is 10.4. The highest BCUT2D eigenvalue weighted by atomic mass is 32.2. The number of carbonyl (C=O) groups is 1. The second kappa shape index (κ2) is 9.26. The number of hydrogen-bond donors (Lipinski definition) is 2. The molecule has 0 aromatic heterocycles. The van der Waals surface area contributed by atoms with Crippen LogP contribution in [-0.4, -0.2) is 31.4 Å². The van der Waals surface area contributed by atoms with Gasteiger partial charge in [-0.2, -0.15) is 0 Å². The van der Waals surface area contributed by atoms with Crippen LogP contribution >= 0.6 is 11.8 Å². The average Bonchev–Trinajstić information content (AvgIpc) is 3.02. The van der Waals surface area contributed by atoms with Gasteiger partial charge in [0.05, 0.1) is 12.0 Å². The molecule has 2 N–H and O–H groups in total. The maximum Gasteiger partial charge on any atom is 0.264 e. The lowest BCUT2D eigenvalue weighted by Crippen LogP contribution is -2.18. The van der Waals surface area contributed by atoms with E-state index < -0.39 is 0 Å². The summed E-state index contributed by atoms with van der Waals surface area (Å²) >= 11 is 1.10. The molecule has 2 aromatic rings. The third-order valence-corrected chi connectivity index (χ3v) is 5.31. The van der Waals surface area contributed by atoms with Gasteiger partial charge < -0.3 is 19.5 Å². The van der Waals surface area contributed by atoms with Crippen LogP contribution in [0.5, 0.6) is 17.2 Å². The van der Waals surface area contributed by atoms with Crippen molar-refractivity contribution in [3.05, 3.63) is 58.5 Å². The highest BCUT2D eigenvalue weighted by Gasteiger charge is 2.22. The SMILES string of the molecule is COc1cc(/C=C2\SC(=N)NC2=O)ccc1OCCOc1ccc(C(C)(C)C)cc1. The van der Waals surface area contributed by atoms with Crippen molar-refractivity contribution in [2.24, 2.45) is 0 Å². The van der Waals surface area contributed by atoms with Gasteiger partial charge in [0.2, 0.25) is 0 Å². The lowest BCUT2D eigenvalue weighted by molar-refractivity contribution is -0.115. The fourth-order valence-electron chi connectivity index (χ4n) is 2.85. The van der Waals surface area contributed by atoms with Crippen LogP contribution in [-0.2, 0) is 10.2 Å². The summed E-state index contributed by atoms with van der Waals surface area (Å²) in [5.74, 6) is 1.70. The van der Waals surface area contributed by atoms with Crippen LogP contribution in [0.15, 0.2) is 47.4 Å². The highest BCUT2D eigenvalue weighted by Crippen LogP contribution is 2.31. The van der Waals surface area contributed by atoms with Crippen LogP contribution in [0, 0.1) is 5.41 Å². The Balaban J connectivity index is 1.56. The highest BCUT2D eigenvalue weighted by molar-refractivity contribution is 8.18. The number of carbonyl (C=O) groups excluding carboxylic acids is 1. The number of benzene rings is 2. The van der Waals surface area contributed by atoms with Gasteiger partial charge in [0, 0.05) is 0 Å². The van der Waals surface area contributed by atoms with E-state index in [0.717, 1.165) is 23.1 Å². The van der Waals surface area contributed by atoms with Gasteiger partial charge in [-0.25, -0.2) is 0 Å². The Bertz CT molecular complexity index is 962. The Morgan fingerprint density at radius 3 is 2.33 bits per heavy atom. The number of hydrogen-bond acceptors (Lipinski definition) is 6. The molecule has 3 rings (SSSR count). The van der Waals surface area contributed by atoms with Gasteiger partial charge in [0.1, 0.15) is 19.0 Å². The Kier molecular flexibility index (Phi) is 6.72. The molecule has 0 unspecified atom stereocenters. The number of rotatable bonds is 7. The van der Waals surface area contributed by atoms with Gasteiger partial charge >= 0.3 is 0 Å². The second-order valence-corrected chi connectivity index (χ2v) is 8.83. The van der Waals surface area contributed by atoms with E-state index in [1.54, 1.807) is 25.3 Å². The Hall–Kier alpha value is -2.93. The first-order chi connectivity index (χ1) is 14.3. The molecule has 7 heteroatoms. The lowest BCUT2D eigenvalue weighted by Gasteiger charge is -2.19. The van der Waals surface area contributed by atoms with Crippen LogP contribution in [0.4, 0.5) is 0 Å². The monoisotopic (exact) mass is 426 g/mol. The molecule has 30 heavy (non-hydrogen) atoms. The van der Waals surface area contributed by atoms with E-state index >= 15 is 0 Å². The van der Waals surface area contributed by atoms with Gasteiger partial charge in [-0.1, -0.05) is 39.0 Å². The second-order valence-electron chi connectivity index (χ2n) is 7.78. The third kappa shape index (κ3) is 5.57. The minimum Gasteiger partial charge on any atom is -0.493 e. The summed E-state index contributed by atoms with van der Waals surface area (Å²) in [5, 5.41) is 10.1. The van der Waals surface area contributed by atoms with Crippen LogP contribution in [0.2, 0.25) is 0 Å². The van der Waals surface area contributed by atoms with Gasteiger partial charge in [-0.15, -0.1) is 0 Å². The molecule has 1 heterocycles. The number of nitrogens with one attached hydrogen (secondary N) is 2. The van der Waals surface area contributed by atoms with Crippen molar-refractivity contribution in [2.75, 3.05) is 20.3 Å². The third-order valence-electron chi connectivity index (χ3n) is 4.48. The molecule has 0 saturated carbocycles. The van der Waals surface area contributed by atoms with Gasteiger partial charge in [-0.05, 0) is 58.6 Å². The quantitative estimate of drug-likeness (QED) is 0.500. The summed E-state index contributed by atoms with van der Waals surface area (Å²) in [7, 11) is 1.57. The smallest absolute Gasteiger partial charge is 0.264 e. The van der Waals surface area contributed by atoms with Crippen molar-refractivity contribution >= 4 is 28.9 Å². The van der Waals surface area contributed by atoms with Crippen molar-refractivity contribution in [1.82, 2.24) is 5.32 Å². The molecule has 1 saturated heterocycles. The molecule has 6 nitrogen and oxygen atoms in total. The van der Waals surface area contributed by atoms with Crippen molar-refractivity contribution in [1.29, 1.82) is 5.41 Å². The van der Waals surface area contributed by atoms with Crippen molar-refractivity contribution < 1.29 is 19.0 Å². The van der Waals surface area contributed by atoms with Gasteiger partial charge in [-0.3, -0.25) is 10.2 Å².